The van der Waals surface area contributed by atoms with Gasteiger partial charge in [-0.2, -0.15) is 0 Å². The maximum absolute atomic E-state index is 2.46. The summed E-state index contributed by atoms with van der Waals surface area (Å²) in [4.78, 5) is 0. The second-order valence-electron chi connectivity index (χ2n) is 5.22. The summed E-state index contributed by atoms with van der Waals surface area (Å²) in [6.07, 6.45) is 7.20. The molecular weight excluding hydrogens is 144 g/mol. The van der Waals surface area contributed by atoms with E-state index in [1.165, 1.54) is 32.1 Å². The van der Waals surface area contributed by atoms with E-state index in [1.807, 2.05) is 0 Å². The molecule has 1 fully saturated rings. The van der Waals surface area contributed by atoms with E-state index in [0.717, 1.165) is 11.8 Å². The first-order chi connectivity index (χ1) is 5.58. The molecule has 1 unspecified atom stereocenters. The lowest BCUT2D eigenvalue weighted by Gasteiger charge is -2.42. The third-order valence-corrected chi connectivity index (χ3v) is 4.00. The molecule has 12 heavy (non-hydrogen) atoms. The Kier molecular flexibility index (Phi) is 3.20. The molecule has 0 aromatic heterocycles. The van der Waals surface area contributed by atoms with Crippen LogP contribution in [-0.2, 0) is 0 Å². The van der Waals surface area contributed by atoms with E-state index < -0.39 is 0 Å². The molecule has 0 aromatic rings. The van der Waals surface area contributed by atoms with Crippen molar-refractivity contribution in [3.05, 3.63) is 0 Å². The van der Waals surface area contributed by atoms with Crippen LogP contribution < -0.4 is 0 Å². The molecule has 2 atom stereocenters. The Morgan fingerprint density at radius 3 is 2.58 bits per heavy atom. The smallest absolute Gasteiger partial charge is 0.0326 e. The van der Waals surface area contributed by atoms with Crippen LogP contribution in [0.2, 0.25) is 0 Å². The standard InChI is InChI=1S/C12H24/c1-5-7-11-8-6-9-12(3,4)10(11)2/h10-11H,5-9H2,1-4H3/t10-,11?/m1/s1. The average molecular weight is 168 g/mol. The third kappa shape index (κ3) is 2.02. The Hall–Kier alpha value is 0. The van der Waals surface area contributed by atoms with E-state index in [-0.39, 0.29) is 0 Å². The van der Waals surface area contributed by atoms with Gasteiger partial charge in [-0.05, 0) is 23.7 Å². The van der Waals surface area contributed by atoms with Crippen LogP contribution in [0.25, 0.3) is 0 Å². The molecule has 0 bridgehead atoms. The zero-order valence-electron chi connectivity index (χ0n) is 9.19. The van der Waals surface area contributed by atoms with E-state index in [4.69, 9.17) is 0 Å². The largest absolute Gasteiger partial charge is 0.0654 e. The minimum Gasteiger partial charge on any atom is -0.0654 e. The van der Waals surface area contributed by atoms with Crippen LogP contribution in [0.3, 0.4) is 0 Å². The fourth-order valence-corrected chi connectivity index (χ4v) is 2.70. The van der Waals surface area contributed by atoms with Gasteiger partial charge >= 0.3 is 0 Å². The van der Waals surface area contributed by atoms with E-state index in [2.05, 4.69) is 27.7 Å². The summed E-state index contributed by atoms with van der Waals surface area (Å²) in [6.45, 7) is 9.66. The van der Waals surface area contributed by atoms with Gasteiger partial charge in [-0.15, -0.1) is 0 Å². The normalized spacial score (nSPS) is 35.0. The van der Waals surface area contributed by atoms with Crippen LogP contribution in [0.5, 0.6) is 0 Å². The van der Waals surface area contributed by atoms with Crippen LogP contribution in [0, 0.1) is 17.3 Å². The SMILES string of the molecule is CCCC1CCCC(C)(C)[C@@H]1C. The molecule has 72 valence electrons. The highest BCUT2D eigenvalue weighted by Gasteiger charge is 2.34. The number of hydrogen-bond acceptors (Lipinski definition) is 0. The second kappa shape index (κ2) is 3.81. The summed E-state index contributed by atoms with van der Waals surface area (Å²) >= 11 is 0. The van der Waals surface area contributed by atoms with Crippen molar-refractivity contribution >= 4 is 0 Å². The first-order valence-electron chi connectivity index (χ1n) is 5.58. The topological polar surface area (TPSA) is 0 Å². The van der Waals surface area contributed by atoms with Crippen molar-refractivity contribution in [1.82, 2.24) is 0 Å². The van der Waals surface area contributed by atoms with Crippen molar-refractivity contribution in [2.45, 2.75) is 59.8 Å². The van der Waals surface area contributed by atoms with Crippen LogP contribution in [0.1, 0.15) is 59.8 Å². The molecule has 0 aliphatic heterocycles. The quantitative estimate of drug-likeness (QED) is 0.578. The maximum atomic E-state index is 2.46. The summed E-state index contributed by atoms with van der Waals surface area (Å²) < 4.78 is 0. The molecule has 0 radical (unpaired) electrons. The first-order valence-corrected chi connectivity index (χ1v) is 5.58. The number of rotatable bonds is 2. The van der Waals surface area contributed by atoms with Crippen molar-refractivity contribution in [1.29, 1.82) is 0 Å². The van der Waals surface area contributed by atoms with Gasteiger partial charge in [0.1, 0.15) is 0 Å². The van der Waals surface area contributed by atoms with Crippen molar-refractivity contribution in [2.75, 3.05) is 0 Å². The highest BCUT2D eigenvalue weighted by molar-refractivity contribution is 4.85. The summed E-state index contributed by atoms with van der Waals surface area (Å²) in [6, 6.07) is 0. The maximum Gasteiger partial charge on any atom is -0.0326 e. The Morgan fingerprint density at radius 1 is 1.33 bits per heavy atom. The minimum absolute atomic E-state index is 0.609. The second-order valence-corrected chi connectivity index (χ2v) is 5.22. The molecule has 1 aliphatic carbocycles. The van der Waals surface area contributed by atoms with Gasteiger partial charge < -0.3 is 0 Å². The molecule has 1 rings (SSSR count). The zero-order valence-corrected chi connectivity index (χ0v) is 9.19. The van der Waals surface area contributed by atoms with Gasteiger partial charge in [0.2, 0.25) is 0 Å². The monoisotopic (exact) mass is 168 g/mol. The zero-order chi connectivity index (χ0) is 9.19. The summed E-state index contributed by atoms with van der Waals surface area (Å²) in [5.74, 6) is 1.95. The molecule has 0 spiro atoms. The van der Waals surface area contributed by atoms with Crippen molar-refractivity contribution in [3.8, 4) is 0 Å². The van der Waals surface area contributed by atoms with Crippen LogP contribution >= 0.6 is 0 Å². The summed E-state index contributed by atoms with van der Waals surface area (Å²) in [5, 5.41) is 0. The number of hydrogen-bond donors (Lipinski definition) is 0. The van der Waals surface area contributed by atoms with Gasteiger partial charge in [-0.25, -0.2) is 0 Å². The van der Waals surface area contributed by atoms with E-state index in [9.17, 15) is 0 Å². The minimum atomic E-state index is 0.609. The van der Waals surface area contributed by atoms with Gasteiger partial charge in [-0.1, -0.05) is 53.4 Å². The molecule has 0 aromatic carbocycles. The Bertz CT molecular complexity index is 133. The van der Waals surface area contributed by atoms with E-state index in [1.54, 1.807) is 0 Å². The predicted octanol–water partition coefficient (Wildman–Crippen LogP) is 4.25. The van der Waals surface area contributed by atoms with Crippen molar-refractivity contribution < 1.29 is 0 Å². The molecule has 0 N–H and O–H groups in total. The van der Waals surface area contributed by atoms with Crippen molar-refractivity contribution in [2.24, 2.45) is 17.3 Å². The fraction of sp³-hybridized carbons (Fsp3) is 1.00. The van der Waals surface area contributed by atoms with Gasteiger partial charge in [0.15, 0.2) is 0 Å². The van der Waals surface area contributed by atoms with Gasteiger partial charge in [0, 0.05) is 0 Å². The molecule has 0 amide bonds. The Balaban J connectivity index is 2.54. The van der Waals surface area contributed by atoms with Crippen LogP contribution in [0.15, 0.2) is 0 Å². The first kappa shape index (κ1) is 10.1. The lowest BCUT2D eigenvalue weighted by atomic mass is 9.63. The van der Waals surface area contributed by atoms with Gasteiger partial charge in [0.05, 0.1) is 0 Å². The molecule has 1 aliphatic rings. The summed E-state index contributed by atoms with van der Waals surface area (Å²) in [5.41, 5.74) is 0.609. The highest BCUT2D eigenvalue weighted by atomic mass is 14.4. The van der Waals surface area contributed by atoms with E-state index >= 15 is 0 Å². The predicted molar refractivity (Wildman–Crippen MR) is 55.2 cm³/mol. The van der Waals surface area contributed by atoms with Gasteiger partial charge in [0.25, 0.3) is 0 Å². The lowest BCUT2D eigenvalue weighted by molar-refractivity contribution is 0.0836. The van der Waals surface area contributed by atoms with Crippen LogP contribution in [-0.4, -0.2) is 0 Å². The van der Waals surface area contributed by atoms with Crippen molar-refractivity contribution in [3.63, 3.8) is 0 Å². The molecule has 0 nitrogen and oxygen atoms in total. The molecular formula is C12H24. The van der Waals surface area contributed by atoms with Gasteiger partial charge in [-0.3, -0.25) is 0 Å². The van der Waals surface area contributed by atoms with E-state index in [0.29, 0.717) is 5.41 Å². The highest BCUT2D eigenvalue weighted by Crippen LogP contribution is 2.45. The Morgan fingerprint density at radius 2 is 2.00 bits per heavy atom. The molecule has 1 saturated carbocycles. The van der Waals surface area contributed by atoms with Crippen LogP contribution in [0.4, 0.5) is 0 Å². The lowest BCUT2D eigenvalue weighted by Crippen LogP contribution is -2.32. The summed E-state index contributed by atoms with van der Waals surface area (Å²) in [7, 11) is 0. The molecule has 0 saturated heterocycles. The third-order valence-electron chi connectivity index (χ3n) is 4.00. The Labute approximate surface area is 77.7 Å². The fourth-order valence-electron chi connectivity index (χ4n) is 2.70. The average Bonchev–Trinajstić information content (AvgIpc) is 1.99. The molecule has 0 heterocycles. The molecule has 0 heteroatoms.